The van der Waals surface area contributed by atoms with Crippen LogP contribution in [0.2, 0.25) is 0 Å². The van der Waals surface area contributed by atoms with E-state index in [4.69, 9.17) is 9.47 Å². The number of halogens is 3. The number of aromatic nitrogens is 3. The molecular weight excluding hydrogens is 549 g/mol. The highest BCUT2D eigenvalue weighted by Crippen LogP contribution is 2.31. The third-order valence-electron chi connectivity index (χ3n) is 6.20. The number of hydrogen-bond acceptors (Lipinski definition) is 6. The predicted molar refractivity (Wildman–Crippen MR) is 151 cm³/mol. The van der Waals surface area contributed by atoms with Gasteiger partial charge in [-0.25, -0.2) is 14.3 Å². The predicted octanol–water partition coefficient (Wildman–Crippen LogP) is 6.86. The number of esters is 1. The van der Waals surface area contributed by atoms with E-state index in [2.05, 4.69) is 15.6 Å². The van der Waals surface area contributed by atoms with Crippen LogP contribution in [-0.2, 0) is 22.1 Å². The lowest BCUT2D eigenvalue weighted by atomic mass is 9.99. The van der Waals surface area contributed by atoms with Crippen molar-refractivity contribution >= 4 is 12.1 Å². The molecule has 0 fully saturated rings. The molecule has 4 rings (SSSR count). The zero-order chi connectivity index (χ0) is 30.5. The van der Waals surface area contributed by atoms with Crippen LogP contribution in [-0.4, -0.2) is 46.3 Å². The minimum Gasteiger partial charge on any atom is -0.465 e. The highest BCUT2D eigenvalue weighted by atomic mass is 19.4. The summed E-state index contributed by atoms with van der Waals surface area (Å²) in [6, 6.07) is 17.6. The van der Waals surface area contributed by atoms with E-state index in [1.165, 1.54) is 23.9 Å². The number of hydrogen-bond donors (Lipinski definition) is 1. The first-order valence-electron chi connectivity index (χ1n) is 13.2. The Hall–Kier alpha value is -4.67. The lowest BCUT2D eigenvalue weighted by Crippen LogP contribution is -2.33. The van der Waals surface area contributed by atoms with Gasteiger partial charge in [0.2, 0.25) is 0 Å². The van der Waals surface area contributed by atoms with Crippen LogP contribution >= 0.6 is 0 Å². The third kappa shape index (κ3) is 7.96. The van der Waals surface area contributed by atoms with E-state index in [9.17, 15) is 22.8 Å². The standard InChI is InChI=1S/C31H31F3N4O4/c1-30(2,3)42-29(40)35-15-5-6-20-7-9-21(10-8-20)23-16-24(28(39)41-4)18-26(17-23)38-19-27(36-37-38)22-11-13-25(14-12-22)31(32,33)34/h7-14,16-19H,5-6,15H2,1-4H3,(H,35,40). The molecule has 0 aliphatic rings. The van der Waals surface area contributed by atoms with Gasteiger partial charge >= 0.3 is 18.2 Å². The molecule has 0 unspecified atom stereocenters. The highest BCUT2D eigenvalue weighted by Gasteiger charge is 2.30. The van der Waals surface area contributed by atoms with Gasteiger partial charge in [-0.3, -0.25) is 0 Å². The largest absolute Gasteiger partial charge is 0.465 e. The molecule has 0 atom stereocenters. The first-order chi connectivity index (χ1) is 19.8. The third-order valence-corrected chi connectivity index (χ3v) is 6.20. The Kier molecular flexibility index (Phi) is 8.99. The number of carbonyl (C=O) groups excluding carboxylic acids is 2. The maximum absolute atomic E-state index is 12.9. The smallest absolute Gasteiger partial charge is 0.416 e. The number of nitrogens with one attached hydrogen (secondary N) is 1. The van der Waals surface area contributed by atoms with Crippen LogP contribution in [0.1, 0.15) is 48.7 Å². The van der Waals surface area contributed by atoms with E-state index in [0.29, 0.717) is 29.1 Å². The van der Waals surface area contributed by atoms with Crippen molar-refractivity contribution in [3.05, 3.63) is 89.6 Å². The summed E-state index contributed by atoms with van der Waals surface area (Å²) in [5, 5.41) is 11.0. The number of methoxy groups -OCH3 is 1. The van der Waals surface area contributed by atoms with E-state index in [1.807, 2.05) is 51.1 Å². The van der Waals surface area contributed by atoms with E-state index in [1.54, 1.807) is 18.3 Å². The molecule has 3 aromatic carbocycles. The molecule has 0 bridgehead atoms. The van der Waals surface area contributed by atoms with Gasteiger partial charge in [-0.1, -0.05) is 41.6 Å². The Labute approximate surface area is 241 Å². The Morgan fingerprint density at radius 2 is 1.57 bits per heavy atom. The molecule has 0 saturated carbocycles. The first kappa shape index (κ1) is 30.3. The van der Waals surface area contributed by atoms with Gasteiger partial charge in [-0.05, 0) is 80.6 Å². The fourth-order valence-electron chi connectivity index (χ4n) is 4.16. The molecule has 42 heavy (non-hydrogen) atoms. The zero-order valence-corrected chi connectivity index (χ0v) is 23.7. The lowest BCUT2D eigenvalue weighted by Gasteiger charge is -2.19. The number of nitrogens with zero attached hydrogens (tertiary/aromatic N) is 3. The monoisotopic (exact) mass is 580 g/mol. The summed E-state index contributed by atoms with van der Waals surface area (Å²) in [6.45, 7) is 5.91. The molecule has 220 valence electrons. The van der Waals surface area contributed by atoms with Crippen molar-refractivity contribution in [2.45, 2.75) is 45.4 Å². The second-order valence-corrected chi connectivity index (χ2v) is 10.6. The Morgan fingerprint density at radius 3 is 2.19 bits per heavy atom. The van der Waals surface area contributed by atoms with Crippen molar-refractivity contribution in [3.63, 3.8) is 0 Å². The summed E-state index contributed by atoms with van der Waals surface area (Å²) in [5.74, 6) is -0.532. The van der Waals surface area contributed by atoms with Crippen LogP contribution < -0.4 is 5.32 Å². The second kappa shape index (κ2) is 12.5. The molecule has 0 aliphatic heterocycles. The van der Waals surface area contributed by atoms with Crippen LogP contribution in [0.25, 0.3) is 28.1 Å². The quantitative estimate of drug-likeness (QED) is 0.181. The summed E-state index contributed by atoms with van der Waals surface area (Å²) >= 11 is 0. The Balaban J connectivity index is 1.50. The van der Waals surface area contributed by atoms with Crippen molar-refractivity contribution in [3.8, 4) is 28.1 Å². The molecule has 1 heterocycles. The number of ether oxygens (including phenoxy) is 2. The summed E-state index contributed by atoms with van der Waals surface area (Å²) in [6.07, 6.45) is -1.82. The van der Waals surface area contributed by atoms with Crippen molar-refractivity contribution in [1.82, 2.24) is 20.3 Å². The molecule has 4 aromatic rings. The summed E-state index contributed by atoms with van der Waals surface area (Å²) in [5.41, 5.74) is 3.02. The fraction of sp³-hybridized carbons (Fsp3) is 0.290. The van der Waals surface area contributed by atoms with Gasteiger partial charge in [-0.15, -0.1) is 5.10 Å². The van der Waals surface area contributed by atoms with Crippen LogP contribution in [0.3, 0.4) is 0 Å². The highest BCUT2D eigenvalue weighted by molar-refractivity contribution is 5.92. The first-order valence-corrected chi connectivity index (χ1v) is 13.2. The summed E-state index contributed by atoms with van der Waals surface area (Å²) in [7, 11) is 1.29. The average molecular weight is 581 g/mol. The number of amides is 1. The van der Waals surface area contributed by atoms with E-state index in [0.717, 1.165) is 41.7 Å². The maximum Gasteiger partial charge on any atom is 0.416 e. The molecule has 0 saturated heterocycles. The second-order valence-electron chi connectivity index (χ2n) is 10.6. The molecule has 0 aliphatic carbocycles. The molecular formula is C31H31F3N4O4. The average Bonchev–Trinajstić information content (AvgIpc) is 3.44. The SMILES string of the molecule is COC(=O)c1cc(-c2ccc(CCCNC(=O)OC(C)(C)C)cc2)cc(-n2cc(-c3ccc(C(F)(F)F)cc3)nn2)c1. The number of carbonyl (C=O) groups is 2. The molecule has 8 nitrogen and oxygen atoms in total. The molecule has 0 spiro atoms. The molecule has 1 aromatic heterocycles. The van der Waals surface area contributed by atoms with Gasteiger partial charge in [0.25, 0.3) is 0 Å². The minimum absolute atomic E-state index is 0.300. The van der Waals surface area contributed by atoms with Crippen molar-refractivity contribution in [1.29, 1.82) is 0 Å². The van der Waals surface area contributed by atoms with Gasteiger partial charge in [-0.2, -0.15) is 13.2 Å². The van der Waals surface area contributed by atoms with Gasteiger partial charge < -0.3 is 14.8 Å². The van der Waals surface area contributed by atoms with Crippen LogP contribution in [0.15, 0.2) is 72.9 Å². The van der Waals surface area contributed by atoms with Gasteiger partial charge in [0.1, 0.15) is 11.3 Å². The van der Waals surface area contributed by atoms with E-state index < -0.39 is 29.4 Å². The van der Waals surface area contributed by atoms with Gasteiger partial charge in [0, 0.05) is 12.1 Å². The van der Waals surface area contributed by atoms with Crippen LogP contribution in [0, 0.1) is 0 Å². The number of alkyl carbamates (subject to hydrolysis) is 1. The number of alkyl halides is 3. The van der Waals surface area contributed by atoms with Crippen molar-refractivity contribution in [2.75, 3.05) is 13.7 Å². The maximum atomic E-state index is 12.9. The van der Waals surface area contributed by atoms with Gasteiger partial charge in [0.15, 0.2) is 0 Å². The molecule has 0 radical (unpaired) electrons. The normalized spacial score (nSPS) is 11.7. The summed E-state index contributed by atoms with van der Waals surface area (Å²) in [4.78, 5) is 24.3. The summed E-state index contributed by atoms with van der Waals surface area (Å²) < 4.78 is 50.4. The minimum atomic E-state index is -4.43. The Morgan fingerprint density at radius 1 is 0.905 bits per heavy atom. The van der Waals surface area contributed by atoms with Crippen LogP contribution in [0.4, 0.5) is 18.0 Å². The molecule has 11 heteroatoms. The van der Waals surface area contributed by atoms with Crippen LogP contribution in [0.5, 0.6) is 0 Å². The van der Waals surface area contributed by atoms with Crippen molar-refractivity contribution < 1.29 is 32.2 Å². The Bertz CT molecular complexity index is 1540. The topological polar surface area (TPSA) is 95.3 Å². The zero-order valence-electron chi connectivity index (χ0n) is 23.7. The van der Waals surface area contributed by atoms with E-state index in [-0.39, 0.29) is 0 Å². The number of aryl methyl sites for hydroxylation is 1. The van der Waals surface area contributed by atoms with Crippen molar-refractivity contribution in [2.24, 2.45) is 0 Å². The molecule has 1 N–H and O–H groups in total. The molecule has 1 amide bonds. The number of rotatable bonds is 8. The van der Waals surface area contributed by atoms with Gasteiger partial charge in [0.05, 0.1) is 30.1 Å². The fourth-order valence-corrected chi connectivity index (χ4v) is 4.16. The number of benzene rings is 3. The lowest BCUT2D eigenvalue weighted by molar-refractivity contribution is -0.137. The van der Waals surface area contributed by atoms with E-state index >= 15 is 0 Å².